The average Bonchev–Trinajstić information content (AvgIpc) is 3.21. The third-order valence-electron chi connectivity index (χ3n) is 5.65. The zero-order valence-corrected chi connectivity index (χ0v) is 19.9. The third-order valence-corrected chi connectivity index (χ3v) is 8.03. The van der Waals surface area contributed by atoms with Gasteiger partial charge in [0.1, 0.15) is 5.82 Å². The number of hydrogen-bond donors (Lipinski definition) is 1. The molecule has 0 spiro atoms. The van der Waals surface area contributed by atoms with Gasteiger partial charge in [0.25, 0.3) is 0 Å². The van der Waals surface area contributed by atoms with E-state index in [1.165, 1.54) is 16.2 Å². The van der Waals surface area contributed by atoms with Crippen LogP contribution in [0.3, 0.4) is 0 Å². The highest BCUT2D eigenvalue weighted by Crippen LogP contribution is 2.50. The summed E-state index contributed by atoms with van der Waals surface area (Å²) in [7, 11) is 0. The number of Topliss-reactive ketones (excluding diaryl/α,β-unsaturated/α-hetero) is 1. The van der Waals surface area contributed by atoms with Crippen LogP contribution in [0.15, 0.2) is 57.2 Å². The molecule has 0 saturated carbocycles. The molecule has 0 fully saturated rings. The first-order valence-corrected chi connectivity index (χ1v) is 12.5. The van der Waals surface area contributed by atoms with E-state index < -0.39 is 17.7 Å². The Morgan fingerprint density at radius 2 is 2.09 bits per heavy atom. The minimum absolute atomic E-state index is 0.00183. The van der Waals surface area contributed by atoms with Crippen molar-refractivity contribution in [1.82, 2.24) is 0 Å². The van der Waals surface area contributed by atoms with Gasteiger partial charge in [0.15, 0.2) is 5.78 Å². The predicted octanol–water partition coefficient (Wildman–Crippen LogP) is 6.84. The Hall–Kier alpha value is -2.41. The number of carbonyl (C=O) groups is 1. The number of halogens is 4. The van der Waals surface area contributed by atoms with Crippen LogP contribution in [0.1, 0.15) is 42.5 Å². The van der Waals surface area contributed by atoms with Crippen molar-refractivity contribution >= 4 is 46.2 Å². The van der Waals surface area contributed by atoms with E-state index in [1.54, 1.807) is 11.8 Å². The van der Waals surface area contributed by atoms with Crippen molar-refractivity contribution in [3.63, 3.8) is 0 Å². The van der Waals surface area contributed by atoms with E-state index in [0.29, 0.717) is 30.5 Å². The van der Waals surface area contributed by atoms with Crippen LogP contribution in [0.4, 0.5) is 18.9 Å². The molecule has 0 bridgehead atoms. The van der Waals surface area contributed by atoms with Gasteiger partial charge in [0.2, 0.25) is 0 Å². The number of hydrogen-bond acceptors (Lipinski definition) is 6. The minimum Gasteiger partial charge on any atom is -0.384 e. The summed E-state index contributed by atoms with van der Waals surface area (Å²) in [6, 6.07) is 7.05. The van der Waals surface area contributed by atoms with E-state index in [1.807, 2.05) is 18.4 Å². The second-order valence-electron chi connectivity index (χ2n) is 7.56. The number of alkyl halides is 3. The van der Waals surface area contributed by atoms with E-state index in [0.717, 1.165) is 33.7 Å². The Labute approximate surface area is 202 Å². The molecule has 1 aliphatic heterocycles. The molecular formula is C23H19ClF3N3OS2. The van der Waals surface area contributed by atoms with Crippen LogP contribution in [-0.2, 0) is 11.0 Å². The number of nitriles is 1. The van der Waals surface area contributed by atoms with Gasteiger partial charge < -0.3 is 5.73 Å². The molecule has 0 radical (unpaired) electrons. The number of thioether (sulfide) groups is 1. The van der Waals surface area contributed by atoms with Crippen LogP contribution in [0.5, 0.6) is 0 Å². The fourth-order valence-corrected chi connectivity index (χ4v) is 6.53. The number of anilines is 1. The minimum atomic E-state index is -4.59. The molecule has 4 rings (SSSR count). The number of ketones is 1. The molecule has 0 amide bonds. The first kappa shape index (κ1) is 23.7. The molecular weight excluding hydrogens is 491 g/mol. The number of benzene rings is 1. The van der Waals surface area contributed by atoms with Crippen molar-refractivity contribution in [2.24, 2.45) is 5.73 Å². The van der Waals surface area contributed by atoms with E-state index in [2.05, 4.69) is 6.07 Å². The molecule has 172 valence electrons. The zero-order chi connectivity index (χ0) is 23.9. The Morgan fingerprint density at radius 3 is 2.76 bits per heavy atom. The number of nitrogens with two attached hydrogens (primary N) is 1. The first-order chi connectivity index (χ1) is 15.7. The third kappa shape index (κ3) is 4.16. The second kappa shape index (κ2) is 9.09. The van der Waals surface area contributed by atoms with Crippen LogP contribution >= 0.6 is 34.7 Å². The quantitative estimate of drug-likeness (QED) is 0.457. The van der Waals surface area contributed by atoms with E-state index in [-0.39, 0.29) is 27.9 Å². The Balaban J connectivity index is 1.98. The van der Waals surface area contributed by atoms with Crippen LogP contribution in [0, 0.1) is 11.3 Å². The van der Waals surface area contributed by atoms with E-state index >= 15 is 0 Å². The lowest BCUT2D eigenvalue weighted by atomic mass is 9.78. The maximum Gasteiger partial charge on any atom is 0.416 e. The molecule has 2 aromatic rings. The summed E-state index contributed by atoms with van der Waals surface area (Å²) >= 11 is 9.37. The monoisotopic (exact) mass is 509 g/mol. The van der Waals surface area contributed by atoms with Gasteiger partial charge in [-0.3, -0.25) is 9.69 Å². The van der Waals surface area contributed by atoms with Crippen LogP contribution in [-0.4, -0.2) is 11.5 Å². The molecule has 2 aliphatic rings. The van der Waals surface area contributed by atoms with Gasteiger partial charge in [0.05, 0.1) is 33.8 Å². The SMILES string of the molecule is CCSc1ccsc1C1C(C#N)=C(N)N(c2cc(C(F)(F)F)ccc2Cl)C2=C1C(=O)CCC2. The number of carbonyl (C=O) groups excluding carboxylic acids is 1. The summed E-state index contributed by atoms with van der Waals surface area (Å²) < 4.78 is 40.3. The lowest BCUT2D eigenvalue weighted by molar-refractivity contribution is -0.137. The molecule has 1 aromatic heterocycles. The molecule has 1 aromatic carbocycles. The van der Waals surface area contributed by atoms with Gasteiger partial charge in [-0.1, -0.05) is 18.5 Å². The van der Waals surface area contributed by atoms with Crippen LogP contribution < -0.4 is 10.6 Å². The number of thiophene rings is 1. The van der Waals surface area contributed by atoms with Gasteiger partial charge in [-0.05, 0) is 48.2 Å². The molecule has 1 aliphatic carbocycles. The van der Waals surface area contributed by atoms with Crippen molar-refractivity contribution < 1.29 is 18.0 Å². The Morgan fingerprint density at radius 1 is 1.33 bits per heavy atom. The fraction of sp³-hybridized carbons (Fsp3) is 0.304. The average molecular weight is 510 g/mol. The first-order valence-electron chi connectivity index (χ1n) is 10.2. The maximum absolute atomic E-state index is 13.4. The van der Waals surface area contributed by atoms with Crippen LogP contribution in [0.2, 0.25) is 5.02 Å². The molecule has 10 heteroatoms. The normalized spacial score (nSPS) is 19.1. The summed E-state index contributed by atoms with van der Waals surface area (Å²) in [6.07, 6.45) is -3.31. The molecule has 33 heavy (non-hydrogen) atoms. The van der Waals surface area contributed by atoms with Gasteiger partial charge in [-0.2, -0.15) is 18.4 Å². The largest absolute Gasteiger partial charge is 0.416 e. The standard InChI is InChI=1S/C23H19ClF3N3OS2/c1-2-32-18-8-9-33-21(18)19-13(11-28)22(29)30(15-4-3-5-17(31)20(15)19)16-10-12(23(25,26)27)6-7-14(16)24/h6-10,19H,2-5,29H2,1H3. The lowest BCUT2D eigenvalue weighted by Crippen LogP contribution is -2.39. The molecule has 4 nitrogen and oxygen atoms in total. The zero-order valence-electron chi connectivity index (χ0n) is 17.5. The lowest BCUT2D eigenvalue weighted by Gasteiger charge is -2.40. The molecule has 2 N–H and O–H groups in total. The highest BCUT2D eigenvalue weighted by Gasteiger charge is 2.42. The maximum atomic E-state index is 13.4. The van der Waals surface area contributed by atoms with Gasteiger partial charge >= 0.3 is 6.18 Å². The Kier molecular flexibility index (Phi) is 6.54. The highest BCUT2D eigenvalue weighted by molar-refractivity contribution is 7.99. The predicted molar refractivity (Wildman–Crippen MR) is 125 cm³/mol. The second-order valence-corrected chi connectivity index (χ2v) is 10.2. The van der Waals surface area contributed by atoms with Crippen molar-refractivity contribution in [2.75, 3.05) is 10.7 Å². The van der Waals surface area contributed by atoms with Crippen LogP contribution in [0.25, 0.3) is 0 Å². The molecule has 1 unspecified atom stereocenters. The van der Waals surface area contributed by atoms with Crippen molar-refractivity contribution in [1.29, 1.82) is 5.26 Å². The summed E-state index contributed by atoms with van der Waals surface area (Å²) in [5.41, 5.74) is 6.64. The number of allylic oxidation sites excluding steroid dienone is 3. The summed E-state index contributed by atoms with van der Waals surface area (Å²) in [5.74, 6) is 0.0322. The number of nitrogens with zero attached hydrogens (tertiary/aromatic N) is 2. The van der Waals surface area contributed by atoms with Gasteiger partial charge in [-0.25, -0.2) is 0 Å². The molecule has 0 saturated heterocycles. The highest BCUT2D eigenvalue weighted by atomic mass is 35.5. The topological polar surface area (TPSA) is 70.1 Å². The van der Waals surface area contributed by atoms with Crippen molar-refractivity contribution in [3.8, 4) is 6.07 Å². The fourth-order valence-electron chi connectivity index (χ4n) is 4.28. The van der Waals surface area contributed by atoms with E-state index in [9.17, 15) is 23.2 Å². The van der Waals surface area contributed by atoms with Gasteiger partial charge in [-0.15, -0.1) is 23.1 Å². The number of rotatable bonds is 4. The van der Waals surface area contributed by atoms with Crippen molar-refractivity contribution in [2.45, 2.75) is 43.2 Å². The van der Waals surface area contributed by atoms with E-state index in [4.69, 9.17) is 17.3 Å². The summed E-state index contributed by atoms with van der Waals surface area (Å²) in [4.78, 5) is 16.4. The smallest absolute Gasteiger partial charge is 0.384 e. The summed E-state index contributed by atoms with van der Waals surface area (Å²) in [5, 5.41) is 12.0. The van der Waals surface area contributed by atoms with Crippen molar-refractivity contribution in [3.05, 3.63) is 67.8 Å². The summed E-state index contributed by atoms with van der Waals surface area (Å²) in [6.45, 7) is 2.01. The Bertz CT molecular complexity index is 1230. The van der Waals surface area contributed by atoms with Gasteiger partial charge in [0, 0.05) is 27.5 Å². The molecule has 2 heterocycles. The molecule has 1 atom stereocenters.